The Bertz CT molecular complexity index is 688. The topological polar surface area (TPSA) is 76.6 Å². The van der Waals surface area contributed by atoms with Gasteiger partial charge in [0.25, 0.3) is 5.91 Å². The Morgan fingerprint density at radius 1 is 1.50 bits per heavy atom. The second-order valence-corrected chi connectivity index (χ2v) is 5.56. The standard InChI is InChI=1S/C14H16N4O3S/c1-18-10-7-9(3-4-11(10)21-8-13(18)19)15-14-16-12(17-22-14)5-6-20-2/h3-4,7H,5-6,8H2,1-2H3,(H,15,16,17). The summed E-state index contributed by atoms with van der Waals surface area (Å²) in [6.07, 6.45) is 0.684. The molecule has 1 aromatic heterocycles. The van der Waals surface area contributed by atoms with E-state index in [9.17, 15) is 4.79 Å². The molecule has 1 amide bonds. The predicted octanol–water partition coefficient (Wildman–Crippen LogP) is 1.83. The van der Waals surface area contributed by atoms with E-state index in [0.29, 0.717) is 23.9 Å². The Balaban J connectivity index is 1.76. The van der Waals surface area contributed by atoms with E-state index in [-0.39, 0.29) is 12.5 Å². The number of carbonyl (C=O) groups excluding carboxylic acids is 1. The number of likely N-dealkylation sites (N-methyl/N-ethyl adjacent to an activating group) is 1. The zero-order valence-corrected chi connectivity index (χ0v) is 13.1. The third-order valence-electron chi connectivity index (χ3n) is 3.29. The highest BCUT2D eigenvalue weighted by Crippen LogP contribution is 2.34. The normalized spacial score (nSPS) is 13.7. The molecule has 22 heavy (non-hydrogen) atoms. The van der Waals surface area contributed by atoms with Gasteiger partial charge in [-0.25, -0.2) is 4.98 Å². The number of nitrogens with zero attached hydrogens (tertiary/aromatic N) is 3. The molecule has 0 aliphatic carbocycles. The van der Waals surface area contributed by atoms with Gasteiger partial charge in [0.1, 0.15) is 11.6 Å². The first-order valence-electron chi connectivity index (χ1n) is 6.79. The van der Waals surface area contributed by atoms with Crippen LogP contribution in [0.25, 0.3) is 0 Å². The van der Waals surface area contributed by atoms with Crippen molar-refractivity contribution < 1.29 is 14.3 Å². The SMILES string of the molecule is COCCc1nsc(Nc2ccc3c(c2)N(C)C(=O)CO3)n1. The Hall–Kier alpha value is -2.19. The molecule has 1 aliphatic rings. The maximum absolute atomic E-state index is 11.7. The lowest BCUT2D eigenvalue weighted by atomic mass is 10.2. The number of methoxy groups -OCH3 is 1. The molecule has 3 rings (SSSR count). The van der Waals surface area contributed by atoms with Gasteiger partial charge in [-0.3, -0.25) is 4.79 Å². The molecular formula is C14H16N4O3S. The molecule has 0 saturated carbocycles. The van der Waals surface area contributed by atoms with Gasteiger partial charge in [0.15, 0.2) is 6.61 Å². The summed E-state index contributed by atoms with van der Waals surface area (Å²) in [6, 6.07) is 5.59. The van der Waals surface area contributed by atoms with Crippen molar-refractivity contribution in [3.63, 3.8) is 0 Å². The van der Waals surface area contributed by atoms with E-state index in [4.69, 9.17) is 9.47 Å². The van der Waals surface area contributed by atoms with E-state index in [2.05, 4.69) is 14.7 Å². The van der Waals surface area contributed by atoms with Gasteiger partial charge in [-0.15, -0.1) is 0 Å². The highest BCUT2D eigenvalue weighted by molar-refractivity contribution is 7.09. The Morgan fingerprint density at radius 2 is 2.36 bits per heavy atom. The summed E-state index contributed by atoms with van der Waals surface area (Å²) in [6.45, 7) is 0.675. The fourth-order valence-electron chi connectivity index (χ4n) is 2.07. The molecule has 0 fully saturated rings. The number of hydrogen-bond donors (Lipinski definition) is 1. The van der Waals surface area contributed by atoms with E-state index in [1.54, 1.807) is 19.1 Å². The first kappa shape index (κ1) is 14.7. The summed E-state index contributed by atoms with van der Waals surface area (Å²) in [5, 5.41) is 3.90. The van der Waals surface area contributed by atoms with Gasteiger partial charge in [-0.2, -0.15) is 4.37 Å². The van der Waals surface area contributed by atoms with Crippen LogP contribution < -0.4 is 15.0 Å². The minimum absolute atomic E-state index is 0.0672. The van der Waals surface area contributed by atoms with Crippen molar-refractivity contribution in [1.29, 1.82) is 0 Å². The Kier molecular flexibility index (Phi) is 4.21. The Morgan fingerprint density at radius 3 is 3.18 bits per heavy atom. The number of aromatic nitrogens is 2. The number of fused-ring (bicyclic) bond motifs is 1. The number of benzene rings is 1. The summed E-state index contributed by atoms with van der Waals surface area (Å²) < 4.78 is 14.7. The fraction of sp³-hybridized carbons (Fsp3) is 0.357. The summed E-state index contributed by atoms with van der Waals surface area (Å²) in [5.41, 5.74) is 1.57. The zero-order valence-electron chi connectivity index (χ0n) is 12.3. The monoisotopic (exact) mass is 320 g/mol. The molecule has 0 spiro atoms. The second-order valence-electron chi connectivity index (χ2n) is 4.81. The molecule has 2 heterocycles. The van der Waals surface area contributed by atoms with Crippen LogP contribution in [0.15, 0.2) is 18.2 Å². The molecule has 0 bridgehead atoms. The molecule has 1 aliphatic heterocycles. The van der Waals surface area contributed by atoms with Gasteiger partial charge >= 0.3 is 0 Å². The van der Waals surface area contributed by atoms with Crippen molar-refractivity contribution in [2.75, 3.05) is 37.6 Å². The minimum atomic E-state index is -0.0672. The number of nitrogens with one attached hydrogen (secondary N) is 1. The molecule has 1 N–H and O–H groups in total. The van der Waals surface area contributed by atoms with Crippen molar-refractivity contribution in [2.24, 2.45) is 0 Å². The van der Waals surface area contributed by atoms with E-state index >= 15 is 0 Å². The average Bonchev–Trinajstić information content (AvgIpc) is 2.97. The van der Waals surface area contributed by atoms with Gasteiger partial charge < -0.3 is 19.7 Å². The molecule has 2 aromatic rings. The zero-order chi connectivity index (χ0) is 15.5. The number of amides is 1. The number of rotatable bonds is 5. The molecule has 0 unspecified atom stereocenters. The largest absolute Gasteiger partial charge is 0.482 e. The molecule has 0 radical (unpaired) electrons. The number of carbonyl (C=O) groups is 1. The fourth-order valence-corrected chi connectivity index (χ4v) is 2.71. The number of ether oxygens (including phenoxy) is 2. The third-order valence-corrected chi connectivity index (χ3v) is 3.96. The quantitative estimate of drug-likeness (QED) is 0.905. The highest BCUT2D eigenvalue weighted by atomic mass is 32.1. The molecule has 0 atom stereocenters. The van der Waals surface area contributed by atoms with Gasteiger partial charge in [0, 0.05) is 37.8 Å². The molecule has 7 nitrogen and oxygen atoms in total. The van der Waals surface area contributed by atoms with E-state index in [1.807, 2.05) is 18.2 Å². The van der Waals surface area contributed by atoms with Crippen molar-refractivity contribution in [3.8, 4) is 5.75 Å². The maximum Gasteiger partial charge on any atom is 0.264 e. The molecule has 8 heteroatoms. The molecule has 0 saturated heterocycles. The molecular weight excluding hydrogens is 304 g/mol. The summed E-state index contributed by atoms with van der Waals surface area (Å²) in [7, 11) is 3.39. The lowest BCUT2D eigenvalue weighted by molar-refractivity contribution is -0.120. The van der Waals surface area contributed by atoms with E-state index < -0.39 is 0 Å². The number of hydrogen-bond acceptors (Lipinski definition) is 7. The maximum atomic E-state index is 11.7. The van der Waals surface area contributed by atoms with Crippen molar-refractivity contribution >= 4 is 33.9 Å². The first-order chi connectivity index (χ1) is 10.7. The minimum Gasteiger partial charge on any atom is -0.482 e. The third kappa shape index (κ3) is 3.02. The van der Waals surface area contributed by atoms with Gasteiger partial charge in [-0.1, -0.05) is 0 Å². The highest BCUT2D eigenvalue weighted by Gasteiger charge is 2.22. The molecule has 1 aromatic carbocycles. The van der Waals surface area contributed by atoms with Crippen LogP contribution in [-0.4, -0.2) is 42.6 Å². The summed E-state index contributed by atoms with van der Waals surface area (Å²) >= 11 is 1.29. The predicted molar refractivity (Wildman–Crippen MR) is 84.1 cm³/mol. The average molecular weight is 320 g/mol. The van der Waals surface area contributed by atoms with E-state index in [1.165, 1.54) is 11.5 Å². The van der Waals surface area contributed by atoms with Crippen LogP contribution in [0.4, 0.5) is 16.5 Å². The Labute approximate surface area is 132 Å². The van der Waals surface area contributed by atoms with Gasteiger partial charge in [0.2, 0.25) is 5.13 Å². The van der Waals surface area contributed by atoms with Crippen molar-refractivity contribution in [3.05, 3.63) is 24.0 Å². The van der Waals surface area contributed by atoms with E-state index in [0.717, 1.165) is 17.2 Å². The van der Waals surface area contributed by atoms with Crippen molar-refractivity contribution in [2.45, 2.75) is 6.42 Å². The second kappa shape index (κ2) is 6.29. The van der Waals surface area contributed by atoms with Crippen LogP contribution in [0.2, 0.25) is 0 Å². The van der Waals surface area contributed by atoms with Crippen molar-refractivity contribution in [1.82, 2.24) is 9.36 Å². The van der Waals surface area contributed by atoms with Gasteiger partial charge in [0.05, 0.1) is 12.3 Å². The lowest BCUT2D eigenvalue weighted by Crippen LogP contribution is -2.35. The van der Waals surface area contributed by atoms with Crippen LogP contribution in [0, 0.1) is 0 Å². The van der Waals surface area contributed by atoms with Crippen LogP contribution in [0.3, 0.4) is 0 Å². The first-order valence-corrected chi connectivity index (χ1v) is 7.56. The lowest BCUT2D eigenvalue weighted by Gasteiger charge is -2.26. The van der Waals surface area contributed by atoms with Crippen LogP contribution in [-0.2, 0) is 16.0 Å². The van der Waals surface area contributed by atoms with Crippen LogP contribution in [0.1, 0.15) is 5.82 Å². The summed E-state index contributed by atoms with van der Waals surface area (Å²) in [4.78, 5) is 17.7. The molecule has 116 valence electrons. The van der Waals surface area contributed by atoms with Crippen LogP contribution in [0.5, 0.6) is 5.75 Å². The van der Waals surface area contributed by atoms with Gasteiger partial charge in [-0.05, 0) is 18.2 Å². The number of anilines is 3. The smallest absolute Gasteiger partial charge is 0.264 e. The summed E-state index contributed by atoms with van der Waals surface area (Å²) in [5.74, 6) is 1.39. The van der Waals surface area contributed by atoms with Crippen LogP contribution >= 0.6 is 11.5 Å².